The molecule has 0 radical (unpaired) electrons. The quantitative estimate of drug-likeness (QED) is 0.260. The second kappa shape index (κ2) is 14.5. The standard InChI is InChI=1S/2C12H18O6S2/c1-8-11-12(9(2)19-8)18-7-10(6-17-11)16-4-3-5-20(13,14)15;1-8-11-12(9(2)19-8)18-10(7-17-11)6-16-4-3-5-20(13,14)15/h2*10H,3-7H2,1-2H3,(H,13,14,15)/p-2. The van der Waals surface area contributed by atoms with Gasteiger partial charge >= 0.3 is 0 Å². The van der Waals surface area contributed by atoms with Crippen LogP contribution in [0.3, 0.4) is 0 Å². The van der Waals surface area contributed by atoms with Crippen LogP contribution in [0.25, 0.3) is 0 Å². The fourth-order valence-electron chi connectivity index (χ4n) is 3.92. The van der Waals surface area contributed by atoms with E-state index < -0.39 is 31.7 Å². The van der Waals surface area contributed by atoms with Gasteiger partial charge in [0.1, 0.15) is 25.9 Å². The van der Waals surface area contributed by atoms with E-state index in [9.17, 15) is 25.9 Å². The fourth-order valence-corrected chi connectivity index (χ4v) is 6.74. The molecule has 0 fully saturated rings. The highest BCUT2D eigenvalue weighted by Crippen LogP contribution is 2.44. The van der Waals surface area contributed by atoms with Crippen LogP contribution in [0.15, 0.2) is 0 Å². The highest BCUT2D eigenvalue weighted by atomic mass is 32.2. The number of rotatable bonds is 11. The second-order valence-electron chi connectivity index (χ2n) is 9.22. The van der Waals surface area contributed by atoms with Crippen molar-refractivity contribution in [3.8, 4) is 23.0 Å². The highest BCUT2D eigenvalue weighted by Gasteiger charge is 2.26. The highest BCUT2D eigenvalue weighted by molar-refractivity contribution is 7.85. The number of hydrogen-bond acceptors (Lipinski definition) is 14. The summed E-state index contributed by atoms with van der Waals surface area (Å²) in [4.78, 5) is 4.29. The van der Waals surface area contributed by atoms with Gasteiger partial charge in [0.2, 0.25) is 0 Å². The molecule has 2 aromatic rings. The van der Waals surface area contributed by atoms with Gasteiger partial charge in [-0.25, -0.2) is 16.8 Å². The zero-order valence-electron chi connectivity index (χ0n) is 22.8. The van der Waals surface area contributed by atoms with E-state index in [0.717, 1.165) is 42.5 Å². The van der Waals surface area contributed by atoms with Crippen molar-refractivity contribution in [2.24, 2.45) is 0 Å². The van der Waals surface area contributed by atoms with Crippen molar-refractivity contribution in [3.63, 3.8) is 0 Å². The molecule has 0 spiro atoms. The molecule has 0 saturated carbocycles. The molecule has 4 heterocycles. The number of fused-ring (bicyclic) bond motifs is 2. The smallest absolute Gasteiger partial charge is 0.175 e. The Balaban J connectivity index is 0.000000220. The van der Waals surface area contributed by atoms with Gasteiger partial charge in [0, 0.05) is 44.2 Å². The van der Waals surface area contributed by atoms with Gasteiger partial charge in [-0.2, -0.15) is 0 Å². The first-order valence-corrected chi connectivity index (χ1v) is 17.3. The van der Waals surface area contributed by atoms with Crippen molar-refractivity contribution in [3.05, 3.63) is 19.5 Å². The Kier molecular flexibility index (Phi) is 11.9. The first-order chi connectivity index (χ1) is 18.7. The SMILES string of the molecule is Cc1sc(C)c2c1OCC(COCCCS(=O)(=O)[O-])O2.Cc1sc(C)c2c1OCC(OCCCS(=O)(=O)[O-])CO2. The van der Waals surface area contributed by atoms with E-state index in [0.29, 0.717) is 26.4 Å². The molecule has 2 aromatic heterocycles. The number of thiophene rings is 2. The number of hydrogen-bond donors (Lipinski definition) is 0. The lowest BCUT2D eigenvalue weighted by Crippen LogP contribution is -2.33. The maximum Gasteiger partial charge on any atom is 0.175 e. The summed E-state index contributed by atoms with van der Waals surface area (Å²) in [6.07, 6.45) is -0.0947. The Morgan fingerprint density at radius 2 is 1.18 bits per heavy atom. The molecule has 0 amide bonds. The molecule has 2 aliphatic heterocycles. The first-order valence-electron chi connectivity index (χ1n) is 12.5. The average molecular weight is 643 g/mol. The number of aryl methyl sites for hydroxylation is 4. The van der Waals surface area contributed by atoms with Crippen LogP contribution in [-0.4, -0.2) is 89.3 Å². The molecule has 1 atom stereocenters. The molecular formula is C24H34O12S4-2. The van der Waals surface area contributed by atoms with Gasteiger partial charge < -0.3 is 37.5 Å². The summed E-state index contributed by atoms with van der Waals surface area (Å²) in [5, 5.41) is 0. The van der Waals surface area contributed by atoms with E-state index in [2.05, 4.69) is 0 Å². The molecule has 12 nitrogen and oxygen atoms in total. The minimum absolute atomic E-state index is 0.182. The Labute approximate surface area is 243 Å². The first kappa shape index (κ1) is 32.8. The summed E-state index contributed by atoms with van der Waals surface area (Å²) in [7, 11) is -8.33. The molecule has 16 heteroatoms. The molecule has 40 heavy (non-hydrogen) atoms. The summed E-state index contributed by atoms with van der Waals surface area (Å²) >= 11 is 3.26. The van der Waals surface area contributed by atoms with Crippen LogP contribution in [0, 0.1) is 27.7 Å². The zero-order chi connectivity index (χ0) is 29.5. The van der Waals surface area contributed by atoms with Crippen LogP contribution in [0.5, 0.6) is 23.0 Å². The Morgan fingerprint density at radius 1 is 0.725 bits per heavy atom. The topological polar surface area (TPSA) is 170 Å². The third-order valence-electron chi connectivity index (χ3n) is 5.71. The van der Waals surface area contributed by atoms with Crippen LogP contribution in [-0.2, 0) is 29.7 Å². The van der Waals surface area contributed by atoms with Gasteiger partial charge in [-0.3, -0.25) is 0 Å². The molecule has 0 aromatic carbocycles. The van der Waals surface area contributed by atoms with Gasteiger partial charge in [0.25, 0.3) is 0 Å². The predicted molar refractivity (Wildman–Crippen MR) is 147 cm³/mol. The molecule has 4 rings (SSSR count). The normalized spacial score (nSPS) is 17.2. The predicted octanol–water partition coefficient (Wildman–Crippen LogP) is 2.91. The van der Waals surface area contributed by atoms with E-state index >= 15 is 0 Å². The summed E-state index contributed by atoms with van der Waals surface area (Å²) in [5.41, 5.74) is 0. The van der Waals surface area contributed by atoms with Crippen LogP contribution in [0.2, 0.25) is 0 Å². The van der Waals surface area contributed by atoms with Crippen molar-refractivity contribution in [2.75, 3.05) is 51.1 Å². The summed E-state index contributed by atoms with van der Waals surface area (Å²) in [6.45, 7) is 9.75. The van der Waals surface area contributed by atoms with E-state index in [1.54, 1.807) is 22.7 Å². The van der Waals surface area contributed by atoms with Crippen LogP contribution < -0.4 is 18.9 Å². The monoisotopic (exact) mass is 642 g/mol. The Hall–Kier alpha value is -1.66. The molecule has 0 bridgehead atoms. The molecule has 0 aliphatic carbocycles. The van der Waals surface area contributed by atoms with E-state index in [1.807, 2.05) is 27.7 Å². The van der Waals surface area contributed by atoms with Crippen LogP contribution in [0.4, 0.5) is 0 Å². The van der Waals surface area contributed by atoms with Gasteiger partial charge in [0.15, 0.2) is 29.1 Å². The summed E-state index contributed by atoms with van der Waals surface area (Å²) in [5.74, 6) is 2.30. The van der Waals surface area contributed by atoms with Gasteiger partial charge in [-0.15, -0.1) is 22.7 Å². The lowest BCUT2D eigenvalue weighted by atomic mass is 10.3. The average Bonchev–Trinajstić information content (AvgIpc) is 3.17. The van der Waals surface area contributed by atoms with Gasteiger partial charge in [-0.1, -0.05) is 0 Å². The third kappa shape index (κ3) is 10.3. The summed E-state index contributed by atoms with van der Waals surface area (Å²) in [6, 6.07) is 0. The van der Waals surface area contributed by atoms with E-state index in [4.69, 9.17) is 28.4 Å². The van der Waals surface area contributed by atoms with E-state index in [1.165, 1.54) is 0 Å². The summed E-state index contributed by atoms with van der Waals surface area (Å²) < 4.78 is 96.3. The molecular weight excluding hydrogens is 609 g/mol. The van der Waals surface area contributed by atoms with Crippen molar-refractivity contribution in [1.82, 2.24) is 0 Å². The van der Waals surface area contributed by atoms with Crippen molar-refractivity contribution < 1.29 is 54.4 Å². The van der Waals surface area contributed by atoms with Crippen LogP contribution in [0.1, 0.15) is 32.4 Å². The third-order valence-corrected chi connectivity index (χ3v) is 9.25. The second-order valence-corrected chi connectivity index (χ2v) is 15.1. The maximum atomic E-state index is 10.5. The minimum atomic E-state index is -4.17. The van der Waals surface area contributed by atoms with Crippen molar-refractivity contribution in [1.29, 1.82) is 0 Å². The van der Waals surface area contributed by atoms with Gasteiger partial charge in [0.05, 0.1) is 26.8 Å². The van der Waals surface area contributed by atoms with E-state index in [-0.39, 0.29) is 38.3 Å². The van der Waals surface area contributed by atoms with Crippen LogP contribution >= 0.6 is 22.7 Å². The molecule has 0 saturated heterocycles. The molecule has 0 N–H and O–H groups in total. The van der Waals surface area contributed by atoms with Crippen molar-refractivity contribution in [2.45, 2.75) is 52.7 Å². The lowest BCUT2D eigenvalue weighted by molar-refractivity contribution is 0.00308. The molecule has 228 valence electrons. The van der Waals surface area contributed by atoms with Crippen molar-refractivity contribution >= 4 is 42.9 Å². The Bertz CT molecular complexity index is 1280. The fraction of sp³-hybridized carbons (Fsp3) is 0.667. The minimum Gasteiger partial charge on any atom is -0.748 e. The lowest BCUT2D eigenvalue weighted by Gasteiger charge is -2.25. The largest absolute Gasteiger partial charge is 0.748 e. The number of ether oxygens (including phenoxy) is 6. The van der Waals surface area contributed by atoms with Gasteiger partial charge in [-0.05, 0) is 40.5 Å². The maximum absolute atomic E-state index is 10.5. The Morgan fingerprint density at radius 3 is 1.70 bits per heavy atom. The zero-order valence-corrected chi connectivity index (χ0v) is 26.0. The molecule has 1 unspecified atom stereocenters. The molecule has 2 aliphatic rings.